The van der Waals surface area contributed by atoms with E-state index >= 15 is 0 Å². The second kappa shape index (κ2) is 6.79. The van der Waals surface area contributed by atoms with Crippen LogP contribution in [0.3, 0.4) is 0 Å². The number of hydrogen-bond acceptors (Lipinski definition) is 3. The number of nitrogens with one attached hydrogen (secondary N) is 2. The molecule has 0 aliphatic heterocycles. The summed E-state index contributed by atoms with van der Waals surface area (Å²) in [6, 6.07) is 13.6. The number of hydrogen-bond donors (Lipinski definition) is 3. The molecule has 0 heterocycles. The van der Waals surface area contributed by atoms with Crippen LogP contribution in [0.25, 0.3) is 0 Å². The Bertz CT molecular complexity index is 620. The number of rotatable bonds is 5. The fraction of sp³-hybridized carbons (Fsp3) is 0.235. The molecule has 2 aromatic rings. The van der Waals surface area contributed by atoms with Crippen molar-refractivity contribution in [3.63, 3.8) is 0 Å². The van der Waals surface area contributed by atoms with E-state index in [1.165, 1.54) is 5.56 Å². The number of carbonyl (C=O) groups excluding carboxylic acids is 1. The number of carbonyl (C=O) groups is 1. The lowest BCUT2D eigenvalue weighted by atomic mass is 10.1. The largest absolute Gasteiger partial charge is 0.399 e. The molecule has 0 aromatic heterocycles. The van der Waals surface area contributed by atoms with Gasteiger partial charge in [-0.05, 0) is 37.6 Å². The molecular weight excluding hydrogens is 262 g/mol. The average molecular weight is 283 g/mol. The van der Waals surface area contributed by atoms with E-state index in [1.807, 2.05) is 6.92 Å². The third kappa shape index (κ3) is 3.99. The molecule has 4 N–H and O–H groups in total. The van der Waals surface area contributed by atoms with Crippen molar-refractivity contribution < 1.29 is 4.79 Å². The maximum atomic E-state index is 12.0. The Kier molecular flexibility index (Phi) is 4.82. The highest BCUT2D eigenvalue weighted by atomic mass is 16.1. The van der Waals surface area contributed by atoms with Crippen LogP contribution in [0, 0.1) is 6.92 Å². The summed E-state index contributed by atoms with van der Waals surface area (Å²) in [4.78, 5) is 12.0. The Balaban J connectivity index is 2.16. The van der Waals surface area contributed by atoms with Crippen molar-refractivity contribution in [2.24, 2.45) is 0 Å². The highest BCUT2D eigenvalue weighted by Gasteiger charge is 2.10. The summed E-state index contributed by atoms with van der Waals surface area (Å²) < 4.78 is 0. The summed E-state index contributed by atoms with van der Waals surface area (Å²) >= 11 is 0. The van der Waals surface area contributed by atoms with E-state index in [4.69, 9.17) is 5.73 Å². The van der Waals surface area contributed by atoms with Crippen molar-refractivity contribution in [3.05, 3.63) is 59.2 Å². The third-order valence-corrected chi connectivity index (χ3v) is 3.23. The molecule has 0 aliphatic rings. The van der Waals surface area contributed by atoms with Gasteiger partial charge in [0.2, 0.25) is 0 Å². The van der Waals surface area contributed by atoms with Crippen molar-refractivity contribution in [1.29, 1.82) is 0 Å². The van der Waals surface area contributed by atoms with E-state index in [0.717, 1.165) is 11.3 Å². The first kappa shape index (κ1) is 14.9. The Morgan fingerprint density at radius 2 is 1.86 bits per heavy atom. The van der Waals surface area contributed by atoms with Crippen LogP contribution in [0.4, 0.5) is 11.4 Å². The molecule has 0 atom stereocenters. The second-order valence-corrected chi connectivity index (χ2v) is 5.00. The van der Waals surface area contributed by atoms with Gasteiger partial charge < -0.3 is 16.4 Å². The Hall–Kier alpha value is -2.49. The lowest BCUT2D eigenvalue weighted by Crippen LogP contribution is -2.23. The van der Waals surface area contributed by atoms with Crippen LogP contribution in [0.5, 0.6) is 0 Å². The van der Waals surface area contributed by atoms with E-state index in [9.17, 15) is 4.79 Å². The van der Waals surface area contributed by atoms with Crippen LogP contribution in [-0.2, 0) is 6.54 Å². The van der Waals surface area contributed by atoms with Crippen molar-refractivity contribution in [1.82, 2.24) is 5.32 Å². The quantitative estimate of drug-likeness (QED) is 0.739. The zero-order chi connectivity index (χ0) is 15.2. The van der Waals surface area contributed by atoms with E-state index in [0.29, 0.717) is 24.3 Å². The lowest BCUT2D eigenvalue weighted by Gasteiger charge is -2.13. The molecule has 0 spiro atoms. The Morgan fingerprint density at radius 3 is 2.52 bits per heavy atom. The summed E-state index contributed by atoms with van der Waals surface area (Å²) in [7, 11) is 0. The summed E-state index contributed by atoms with van der Waals surface area (Å²) in [6.45, 7) is 5.20. The van der Waals surface area contributed by atoms with Crippen molar-refractivity contribution in [2.45, 2.75) is 20.4 Å². The molecule has 0 fully saturated rings. The van der Waals surface area contributed by atoms with Gasteiger partial charge in [-0.3, -0.25) is 4.79 Å². The van der Waals surface area contributed by atoms with Gasteiger partial charge in [0.1, 0.15) is 0 Å². The lowest BCUT2D eigenvalue weighted by molar-refractivity contribution is 0.0956. The molecule has 110 valence electrons. The van der Waals surface area contributed by atoms with E-state index in [-0.39, 0.29) is 5.91 Å². The number of anilines is 2. The van der Waals surface area contributed by atoms with Crippen LogP contribution < -0.4 is 16.4 Å². The summed E-state index contributed by atoms with van der Waals surface area (Å²) in [5.41, 5.74) is 10.2. The zero-order valence-electron chi connectivity index (χ0n) is 12.4. The first-order valence-corrected chi connectivity index (χ1v) is 7.07. The number of nitrogens with two attached hydrogens (primary N) is 1. The van der Waals surface area contributed by atoms with Gasteiger partial charge in [0, 0.05) is 24.5 Å². The van der Waals surface area contributed by atoms with Crippen LogP contribution in [-0.4, -0.2) is 12.5 Å². The molecule has 0 aliphatic carbocycles. The minimum atomic E-state index is -0.0936. The Labute approximate surface area is 125 Å². The maximum absolute atomic E-state index is 12.0. The monoisotopic (exact) mass is 283 g/mol. The van der Waals surface area contributed by atoms with Crippen LogP contribution in [0.15, 0.2) is 42.5 Å². The minimum Gasteiger partial charge on any atom is -0.399 e. The molecule has 0 saturated heterocycles. The van der Waals surface area contributed by atoms with Gasteiger partial charge in [-0.2, -0.15) is 0 Å². The third-order valence-electron chi connectivity index (χ3n) is 3.23. The van der Waals surface area contributed by atoms with Gasteiger partial charge in [0.15, 0.2) is 0 Å². The van der Waals surface area contributed by atoms with Crippen LogP contribution >= 0.6 is 0 Å². The first-order chi connectivity index (χ1) is 10.1. The topological polar surface area (TPSA) is 67.2 Å². The normalized spacial score (nSPS) is 10.2. The maximum Gasteiger partial charge on any atom is 0.253 e. The second-order valence-electron chi connectivity index (χ2n) is 5.00. The van der Waals surface area contributed by atoms with Gasteiger partial charge in [-0.1, -0.05) is 29.8 Å². The first-order valence-electron chi connectivity index (χ1n) is 7.07. The standard InChI is InChI=1S/C17H21N3O/c1-3-19-17(21)15-9-8-14(18)10-16(15)20-11-13-6-4-12(2)5-7-13/h4-10,20H,3,11,18H2,1-2H3,(H,19,21). The van der Waals surface area contributed by atoms with Gasteiger partial charge in [-0.25, -0.2) is 0 Å². The molecule has 4 nitrogen and oxygen atoms in total. The fourth-order valence-electron chi connectivity index (χ4n) is 2.07. The molecule has 2 rings (SSSR count). The van der Waals surface area contributed by atoms with E-state index < -0.39 is 0 Å². The molecule has 0 bridgehead atoms. The van der Waals surface area contributed by atoms with Crippen LogP contribution in [0.1, 0.15) is 28.4 Å². The predicted molar refractivity (Wildman–Crippen MR) is 87.4 cm³/mol. The molecule has 0 saturated carbocycles. The summed E-state index contributed by atoms with van der Waals surface area (Å²) in [6.07, 6.45) is 0. The molecule has 2 aromatic carbocycles. The molecule has 0 unspecified atom stereocenters. The Morgan fingerprint density at radius 1 is 1.14 bits per heavy atom. The van der Waals surface area contributed by atoms with E-state index in [1.54, 1.807) is 18.2 Å². The highest BCUT2D eigenvalue weighted by molar-refractivity contribution is 6.00. The summed E-state index contributed by atoms with van der Waals surface area (Å²) in [5.74, 6) is -0.0936. The number of nitrogen functional groups attached to an aromatic ring is 1. The predicted octanol–water partition coefficient (Wildman–Crippen LogP) is 2.94. The molecule has 1 amide bonds. The van der Waals surface area contributed by atoms with Gasteiger partial charge in [0.05, 0.1) is 5.56 Å². The molecule has 4 heteroatoms. The SMILES string of the molecule is CCNC(=O)c1ccc(N)cc1NCc1ccc(C)cc1. The minimum absolute atomic E-state index is 0.0936. The van der Waals surface area contributed by atoms with Crippen LogP contribution in [0.2, 0.25) is 0 Å². The van der Waals surface area contributed by atoms with E-state index in [2.05, 4.69) is 41.8 Å². The fourth-order valence-corrected chi connectivity index (χ4v) is 2.07. The number of amides is 1. The average Bonchev–Trinajstić information content (AvgIpc) is 2.47. The van der Waals surface area contributed by atoms with Crippen molar-refractivity contribution in [2.75, 3.05) is 17.6 Å². The summed E-state index contributed by atoms with van der Waals surface area (Å²) in [5, 5.41) is 6.10. The molecular formula is C17H21N3O. The molecule has 0 radical (unpaired) electrons. The number of aryl methyl sites for hydroxylation is 1. The number of benzene rings is 2. The van der Waals surface area contributed by atoms with Crippen molar-refractivity contribution >= 4 is 17.3 Å². The van der Waals surface area contributed by atoms with Gasteiger partial charge >= 0.3 is 0 Å². The van der Waals surface area contributed by atoms with Gasteiger partial charge in [-0.15, -0.1) is 0 Å². The van der Waals surface area contributed by atoms with Gasteiger partial charge in [0.25, 0.3) is 5.91 Å². The highest BCUT2D eigenvalue weighted by Crippen LogP contribution is 2.20. The zero-order valence-corrected chi connectivity index (χ0v) is 12.4. The smallest absolute Gasteiger partial charge is 0.253 e. The molecule has 21 heavy (non-hydrogen) atoms. The van der Waals surface area contributed by atoms with Crippen molar-refractivity contribution in [3.8, 4) is 0 Å².